The number of nitrogens with zero attached hydrogens (tertiary/aromatic N) is 2. The molecule has 0 radical (unpaired) electrons. The Morgan fingerprint density at radius 2 is 2.14 bits per heavy atom. The van der Waals surface area contributed by atoms with Gasteiger partial charge in [-0.3, -0.25) is 14.8 Å². The van der Waals surface area contributed by atoms with Crippen LogP contribution in [-0.4, -0.2) is 18.3 Å². The normalized spacial score (nSPS) is 11.4. The maximum absolute atomic E-state index is 12.3. The van der Waals surface area contributed by atoms with Gasteiger partial charge >= 0.3 is 0 Å². The van der Waals surface area contributed by atoms with Gasteiger partial charge in [0, 0.05) is 6.07 Å². The lowest BCUT2D eigenvalue weighted by Gasteiger charge is -2.08. The van der Waals surface area contributed by atoms with Crippen molar-refractivity contribution in [2.45, 2.75) is 11.8 Å². The number of hydrogen-bond acceptors (Lipinski definition) is 6. The van der Waals surface area contributed by atoms with Crippen LogP contribution in [-0.2, 0) is 10.0 Å². The van der Waals surface area contributed by atoms with Gasteiger partial charge in [0.1, 0.15) is 5.02 Å². The molecule has 0 saturated heterocycles. The molecule has 0 unspecified atom stereocenters. The number of aromatic nitrogens is 1. The molecule has 0 fully saturated rings. The van der Waals surface area contributed by atoms with Crippen LogP contribution in [0, 0.1) is 17.0 Å². The monoisotopic (exact) mass is 411 g/mol. The van der Waals surface area contributed by atoms with Crippen LogP contribution in [0.25, 0.3) is 0 Å². The lowest BCUT2D eigenvalue weighted by molar-refractivity contribution is -0.384. The molecule has 0 saturated carbocycles. The van der Waals surface area contributed by atoms with Crippen molar-refractivity contribution < 1.29 is 13.3 Å². The molecule has 21 heavy (non-hydrogen) atoms. The van der Waals surface area contributed by atoms with Crippen LogP contribution in [0.5, 0.6) is 0 Å². The highest BCUT2D eigenvalue weighted by molar-refractivity contribution is 9.11. The number of benzene rings is 1. The molecule has 0 aliphatic rings. The van der Waals surface area contributed by atoms with Gasteiger partial charge in [0.25, 0.3) is 15.7 Å². The zero-order valence-corrected chi connectivity index (χ0v) is 14.3. The summed E-state index contributed by atoms with van der Waals surface area (Å²) in [7, 11) is -3.99. The number of nitro groups is 1. The zero-order chi connectivity index (χ0) is 15.8. The van der Waals surface area contributed by atoms with Gasteiger partial charge in [-0.25, -0.2) is 13.4 Å². The van der Waals surface area contributed by atoms with Gasteiger partial charge in [-0.15, -0.1) is 0 Å². The number of halogens is 2. The van der Waals surface area contributed by atoms with Crippen molar-refractivity contribution in [2.75, 3.05) is 4.72 Å². The van der Waals surface area contributed by atoms with Crippen LogP contribution >= 0.6 is 38.9 Å². The fraction of sp³-hybridized carbons (Fsp3) is 0.100. The van der Waals surface area contributed by atoms with Crippen LogP contribution in [0.4, 0.5) is 10.8 Å². The molecule has 0 spiro atoms. The van der Waals surface area contributed by atoms with Crippen molar-refractivity contribution in [1.82, 2.24) is 4.98 Å². The number of sulfonamides is 1. The van der Waals surface area contributed by atoms with E-state index in [0.29, 0.717) is 9.35 Å². The first-order chi connectivity index (χ1) is 9.70. The minimum absolute atomic E-state index is 0.117. The minimum atomic E-state index is -3.99. The number of rotatable bonds is 4. The van der Waals surface area contributed by atoms with Crippen molar-refractivity contribution in [1.29, 1.82) is 0 Å². The molecule has 7 nitrogen and oxygen atoms in total. The first-order valence-corrected chi connectivity index (χ1v) is 8.76. The predicted molar refractivity (Wildman–Crippen MR) is 83.5 cm³/mol. The van der Waals surface area contributed by atoms with E-state index in [1.54, 1.807) is 0 Å². The van der Waals surface area contributed by atoms with E-state index in [9.17, 15) is 18.5 Å². The average Bonchev–Trinajstić information content (AvgIpc) is 2.72. The molecule has 0 bridgehead atoms. The fourth-order valence-electron chi connectivity index (χ4n) is 1.54. The molecule has 1 aromatic carbocycles. The summed E-state index contributed by atoms with van der Waals surface area (Å²) in [6.45, 7) is 1.50. The summed E-state index contributed by atoms with van der Waals surface area (Å²) in [6, 6.07) is 2.18. The summed E-state index contributed by atoms with van der Waals surface area (Å²) < 4.78 is 27.5. The third-order valence-electron chi connectivity index (χ3n) is 2.43. The van der Waals surface area contributed by atoms with Crippen molar-refractivity contribution in [3.05, 3.63) is 42.8 Å². The standard InChI is InChI=1S/C10H7BrClN3O4S2/c1-5-2-6(12)7(15(16)17)3-8(5)21(18,19)14-10-13-4-9(11)20-10/h2-4H,1H3,(H,13,14). The Labute approximate surface area is 137 Å². The van der Waals surface area contributed by atoms with E-state index < -0.39 is 20.6 Å². The molecule has 112 valence electrons. The van der Waals surface area contributed by atoms with Crippen molar-refractivity contribution in [3.63, 3.8) is 0 Å². The van der Waals surface area contributed by atoms with Crippen molar-refractivity contribution in [3.8, 4) is 0 Å². The van der Waals surface area contributed by atoms with E-state index in [0.717, 1.165) is 17.4 Å². The van der Waals surface area contributed by atoms with Crippen molar-refractivity contribution in [2.24, 2.45) is 0 Å². The average molecular weight is 413 g/mol. The summed E-state index contributed by atoms with van der Waals surface area (Å²) in [4.78, 5) is 13.8. The number of nitrogens with one attached hydrogen (secondary N) is 1. The Morgan fingerprint density at radius 1 is 1.48 bits per heavy atom. The summed E-state index contributed by atoms with van der Waals surface area (Å²) in [5.41, 5.74) is -0.170. The minimum Gasteiger partial charge on any atom is -0.258 e. The molecule has 1 heterocycles. The number of anilines is 1. The predicted octanol–water partition coefficient (Wildman–Crippen LogP) is 3.58. The van der Waals surface area contributed by atoms with Gasteiger partial charge in [-0.2, -0.15) is 0 Å². The maximum atomic E-state index is 12.3. The molecule has 2 rings (SSSR count). The highest BCUT2D eigenvalue weighted by Gasteiger charge is 2.24. The molecule has 0 atom stereocenters. The third kappa shape index (κ3) is 3.51. The van der Waals surface area contributed by atoms with E-state index in [-0.39, 0.29) is 15.0 Å². The second-order valence-corrected chi connectivity index (χ2v) is 8.37. The van der Waals surface area contributed by atoms with Gasteiger partial charge in [-0.1, -0.05) is 22.9 Å². The molecular formula is C10H7BrClN3O4S2. The molecule has 11 heteroatoms. The second-order valence-electron chi connectivity index (χ2n) is 3.90. The van der Waals surface area contributed by atoms with Crippen LogP contribution in [0.2, 0.25) is 5.02 Å². The van der Waals surface area contributed by atoms with E-state index in [2.05, 4.69) is 25.6 Å². The summed E-state index contributed by atoms with van der Waals surface area (Å²) in [5, 5.41) is 10.9. The van der Waals surface area contributed by atoms with Crippen LogP contribution in [0.1, 0.15) is 5.56 Å². The third-order valence-corrected chi connectivity index (χ3v) is 5.73. The first kappa shape index (κ1) is 16.1. The van der Waals surface area contributed by atoms with Gasteiger partial charge in [0.15, 0.2) is 5.13 Å². The lowest BCUT2D eigenvalue weighted by Crippen LogP contribution is -2.14. The van der Waals surface area contributed by atoms with E-state index in [1.165, 1.54) is 19.2 Å². The SMILES string of the molecule is Cc1cc(Cl)c([N+](=O)[O-])cc1S(=O)(=O)Nc1ncc(Br)s1. The largest absolute Gasteiger partial charge is 0.289 e. The Kier molecular flexibility index (Phi) is 4.51. The van der Waals surface area contributed by atoms with Crippen LogP contribution < -0.4 is 4.72 Å². The van der Waals surface area contributed by atoms with Gasteiger partial charge in [-0.05, 0) is 34.5 Å². The Hall–Kier alpha value is -1.23. The van der Waals surface area contributed by atoms with E-state index in [1.807, 2.05) is 0 Å². The quantitative estimate of drug-likeness (QED) is 0.611. The second kappa shape index (κ2) is 5.87. The Balaban J connectivity index is 2.49. The molecule has 2 aromatic rings. The smallest absolute Gasteiger partial charge is 0.258 e. The molecule has 0 amide bonds. The summed E-state index contributed by atoms with van der Waals surface area (Å²) in [6.07, 6.45) is 1.44. The molecule has 1 aromatic heterocycles. The summed E-state index contributed by atoms with van der Waals surface area (Å²) in [5.74, 6) is 0. The number of nitro benzene ring substituents is 1. The number of thiazole rings is 1. The van der Waals surface area contributed by atoms with Crippen molar-refractivity contribution >= 4 is 59.7 Å². The van der Waals surface area contributed by atoms with Gasteiger partial charge in [0.2, 0.25) is 0 Å². The van der Waals surface area contributed by atoms with Crippen LogP contribution in [0.15, 0.2) is 27.0 Å². The van der Waals surface area contributed by atoms with E-state index >= 15 is 0 Å². The molecule has 1 N–H and O–H groups in total. The highest BCUT2D eigenvalue weighted by Crippen LogP contribution is 2.32. The van der Waals surface area contributed by atoms with Crippen LogP contribution in [0.3, 0.4) is 0 Å². The maximum Gasteiger partial charge on any atom is 0.289 e. The fourth-order valence-corrected chi connectivity index (χ4v) is 4.43. The topological polar surface area (TPSA) is 102 Å². The first-order valence-electron chi connectivity index (χ1n) is 5.29. The number of aryl methyl sites for hydroxylation is 1. The zero-order valence-electron chi connectivity index (χ0n) is 10.3. The molecule has 0 aliphatic heterocycles. The highest BCUT2D eigenvalue weighted by atomic mass is 79.9. The Bertz CT molecular complexity index is 822. The number of hydrogen-bond donors (Lipinski definition) is 1. The molecule has 0 aliphatic carbocycles. The lowest BCUT2D eigenvalue weighted by atomic mass is 10.2. The molecular weight excluding hydrogens is 406 g/mol. The summed E-state index contributed by atoms with van der Waals surface area (Å²) >= 11 is 9.99. The van der Waals surface area contributed by atoms with Gasteiger partial charge in [0.05, 0.1) is 19.8 Å². The Morgan fingerprint density at radius 3 is 2.67 bits per heavy atom. The van der Waals surface area contributed by atoms with Gasteiger partial charge < -0.3 is 0 Å². The van der Waals surface area contributed by atoms with E-state index in [4.69, 9.17) is 11.6 Å².